The van der Waals surface area contributed by atoms with Gasteiger partial charge in [0.1, 0.15) is 0 Å². The summed E-state index contributed by atoms with van der Waals surface area (Å²) in [5.41, 5.74) is 1.80. The first-order valence-corrected chi connectivity index (χ1v) is 5.55. The van der Waals surface area contributed by atoms with Crippen LogP contribution < -0.4 is 5.32 Å². The van der Waals surface area contributed by atoms with Crippen LogP contribution in [0.1, 0.15) is 10.4 Å². The molecule has 0 aliphatic heterocycles. The van der Waals surface area contributed by atoms with Crippen LogP contribution in [0.2, 0.25) is 0 Å². The van der Waals surface area contributed by atoms with Crippen molar-refractivity contribution in [3.63, 3.8) is 0 Å². The van der Waals surface area contributed by atoms with Crippen molar-refractivity contribution in [3.8, 4) is 0 Å². The van der Waals surface area contributed by atoms with Gasteiger partial charge in [0.15, 0.2) is 0 Å². The van der Waals surface area contributed by atoms with Crippen LogP contribution in [0.5, 0.6) is 0 Å². The van der Waals surface area contributed by atoms with Gasteiger partial charge in [-0.3, -0.25) is 4.79 Å². The number of fused-ring (bicyclic) bond motifs is 1. The number of hydrogen-bond acceptors (Lipinski definition) is 2. The Morgan fingerprint density at radius 3 is 2.35 bits per heavy atom. The van der Waals surface area contributed by atoms with E-state index in [1.165, 1.54) is 0 Å². The molecule has 0 atom stereocenters. The Bertz CT molecular complexity index is 561. The largest absolute Gasteiger partial charge is 0.388 e. The number of nitrogens with zero attached hydrogens (tertiary/aromatic N) is 1. The molecule has 0 saturated carbocycles. The number of carbonyl (C=O) groups excluding carboxylic acids is 1. The number of carbonyl (C=O) groups is 1. The molecule has 0 unspecified atom stereocenters. The standard InChI is InChI=1S/C14H16N2O/c1-15-13-7-6-10-8-12(14(17)16(2)3)5-4-11(10)9-13/h4-9,15H,1-3H3. The first-order chi connectivity index (χ1) is 8.11. The number of hydrogen-bond donors (Lipinski definition) is 1. The molecule has 0 aliphatic rings. The van der Waals surface area contributed by atoms with E-state index in [1.54, 1.807) is 19.0 Å². The molecule has 0 radical (unpaired) electrons. The lowest BCUT2D eigenvalue weighted by Gasteiger charge is -2.11. The van der Waals surface area contributed by atoms with Gasteiger partial charge in [-0.1, -0.05) is 12.1 Å². The van der Waals surface area contributed by atoms with E-state index in [9.17, 15) is 4.79 Å². The highest BCUT2D eigenvalue weighted by molar-refractivity contribution is 5.98. The smallest absolute Gasteiger partial charge is 0.253 e. The number of anilines is 1. The zero-order valence-corrected chi connectivity index (χ0v) is 10.3. The van der Waals surface area contributed by atoms with Gasteiger partial charge in [0.05, 0.1) is 0 Å². The maximum Gasteiger partial charge on any atom is 0.253 e. The van der Waals surface area contributed by atoms with Crippen LogP contribution in [-0.2, 0) is 0 Å². The molecule has 2 aromatic carbocycles. The second-order valence-corrected chi connectivity index (χ2v) is 4.23. The molecule has 0 saturated heterocycles. The second-order valence-electron chi connectivity index (χ2n) is 4.23. The zero-order chi connectivity index (χ0) is 12.4. The summed E-state index contributed by atoms with van der Waals surface area (Å²) in [5, 5.41) is 5.31. The summed E-state index contributed by atoms with van der Waals surface area (Å²) in [4.78, 5) is 13.4. The summed E-state index contributed by atoms with van der Waals surface area (Å²) in [6, 6.07) is 11.9. The van der Waals surface area contributed by atoms with E-state index >= 15 is 0 Å². The zero-order valence-electron chi connectivity index (χ0n) is 10.3. The van der Waals surface area contributed by atoms with E-state index in [0.29, 0.717) is 0 Å². The van der Waals surface area contributed by atoms with Crippen molar-refractivity contribution >= 4 is 22.4 Å². The van der Waals surface area contributed by atoms with E-state index in [4.69, 9.17) is 0 Å². The van der Waals surface area contributed by atoms with Gasteiger partial charge in [0.25, 0.3) is 5.91 Å². The summed E-state index contributed by atoms with van der Waals surface area (Å²) in [5.74, 6) is 0.0320. The van der Waals surface area contributed by atoms with Crippen LogP contribution in [0.3, 0.4) is 0 Å². The van der Waals surface area contributed by atoms with E-state index < -0.39 is 0 Å². The van der Waals surface area contributed by atoms with E-state index in [0.717, 1.165) is 22.0 Å². The minimum atomic E-state index is 0.0320. The van der Waals surface area contributed by atoms with E-state index in [-0.39, 0.29) is 5.91 Å². The third-order valence-electron chi connectivity index (χ3n) is 2.78. The first-order valence-electron chi connectivity index (χ1n) is 5.55. The van der Waals surface area contributed by atoms with Gasteiger partial charge in [-0.05, 0) is 35.0 Å². The van der Waals surface area contributed by atoms with Crippen LogP contribution in [0.4, 0.5) is 5.69 Å². The highest BCUT2D eigenvalue weighted by atomic mass is 16.2. The third-order valence-corrected chi connectivity index (χ3v) is 2.78. The molecule has 0 fully saturated rings. The summed E-state index contributed by atoms with van der Waals surface area (Å²) in [6.07, 6.45) is 0. The Balaban J connectivity index is 2.48. The maximum absolute atomic E-state index is 11.8. The van der Waals surface area contributed by atoms with Crippen LogP contribution in [0, 0.1) is 0 Å². The summed E-state index contributed by atoms with van der Waals surface area (Å²) >= 11 is 0. The molecule has 1 amide bonds. The third kappa shape index (κ3) is 2.23. The van der Waals surface area contributed by atoms with Crippen molar-refractivity contribution in [3.05, 3.63) is 42.0 Å². The molecule has 0 bridgehead atoms. The van der Waals surface area contributed by atoms with E-state index in [1.807, 2.05) is 37.4 Å². The summed E-state index contributed by atoms with van der Waals surface area (Å²) < 4.78 is 0. The highest BCUT2D eigenvalue weighted by Crippen LogP contribution is 2.20. The van der Waals surface area contributed by atoms with Crippen molar-refractivity contribution in [1.29, 1.82) is 0 Å². The number of nitrogens with one attached hydrogen (secondary N) is 1. The molecule has 2 rings (SSSR count). The van der Waals surface area contributed by atoms with Crippen LogP contribution in [0.25, 0.3) is 10.8 Å². The van der Waals surface area contributed by atoms with Gasteiger partial charge < -0.3 is 10.2 Å². The van der Waals surface area contributed by atoms with Gasteiger partial charge in [0, 0.05) is 32.4 Å². The Morgan fingerprint density at radius 2 is 1.71 bits per heavy atom. The van der Waals surface area contributed by atoms with Gasteiger partial charge in [-0.25, -0.2) is 0 Å². The molecular formula is C14H16N2O. The molecule has 2 aromatic rings. The molecular weight excluding hydrogens is 212 g/mol. The van der Waals surface area contributed by atoms with Gasteiger partial charge >= 0.3 is 0 Å². The van der Waals surface area contributed by atoms with E-state index in [2.05, 4.69) is 11.4 Å². The number of benzene rings is 2. The van der Waals surface area contributed by atoms with Gasteiger partial charge in [-0.2, -0.15) is 0 Å². The van der Waals surface area contributed by atoms with Gasteiger partial charge in [-0.15, -0.1) is 0 Å². The minimum Gasteiger partial charge on any atom is -0.388 e. The quantitative estimate of drug-likeness (QED) is 0.856. The highest BCUT2D eigenvalue weighted by Gasteiger charge is 2.08. The molecule has 0 aromatic heterocycles. The lowest BCUT2D eigenvalue weighted by Crippen LogP contribution is -2.21. The monoisotopic (exact) mass is 228 g/mol. The fourth-order valence-corrected chi connectivity index (χ4v) is 1.79. The van der Waals surface area contributed by atoms with Crippen molar-refractivity contribution < 1.29 is 4.79 Å². The molecule has 1 N–H and O–H groups in total. The maximum atomic E-state index is 11.8. The SMILES string of the molecule is CNc1ccc2cc(C(=O)N(C)C)ccc2c1. The second kappa shape index (κ2) is 4.45. The summed E-state index contributed by atoms with van der Waals surface area (Å²) in [6.45, 7) is 0. The molecule has 0 heterocycles. The van der Waals surface area contributed by atoms with Crippen LogP contribution >= 0.6 is 0 Å². The lowest BCUT2D eigenvalue weighted by atomic mass is 10.1. The molecule has 0 aliphatic carbocycles. The average molecular weight is 228 g/mol. The van der Waals surface area contributed by atoms with Crippen LogP contribution in [-0.4, -0.2) is 32.0 Å². The lowest BCUT2D eigenvalue weighted by molar-refractivity contribution is 0.0828. The minimum absolute atomic E-state index is 0.0320. The van der Waals surface area contributed by atoms with Crippen molar-refractivity contribution in [2.24, 2.45) is 0 Å². The number of amides is 1. The molecule has 0 spiro atoms. The topological polar surface area (TPSA) is 32.3 Å². The fraction of sp³-hybridized carbons (Fsp3) is 0.214. The first kappa shape index (κ1) is 11.5. The van der Waals surface area contributed by atoms with Crippen molar-refractivity contribution in [2.75, 3.05) is 26.5 Å². The van der Waals surface area contributed by atoms with Gasteiger partial charge in [0.2, 0.25) is 0 Å². The molecule has 88 valence electrons. The van der Waals surface area contributed by atoms with Crippen molar-refractivity contribution in [2.45, 2.75) is 0 Å². The average Bonchev–Trinajstić information content (AvgIpc) is 2.36. The Morgan fingerprint density at radius 1 is 1.06 bits per heavy atom. The molecule has 17 heavy (non-hydrogen) atoms. The fourth-order valence-electron chi connectivity index (χ4n) is 1.79. The number of rotatable bonds is 2. The Kier molecular flexibility index (Phi) is 3.00. The van der Waals surface area contributed by atoms with Crippen molar-refractivity contribution in [1.82, 2.24) is 4.90 Å². The normalized spacial score (nSPS) is 10.3. The Hall–Kier alpha value is -2.03. The predicted octanol–water partition coefficient (Wildman–Crippen LogP) is 2.58. The van der Waals surface area contributed by atoms with Crippen LogP contribution in [0.15, 0.2) is 36.4 Å². The summed E-state index contributed by atoms with van der Waals surface area (Å²) in [7, 11) is 5.42. The molecule has 3 nitrogen and oxygen atoms in total. The predicted molar refractivity (Wildman–Crippen MR) is 71.5 cm³/mol. The Labute approximate surface area is 101 Å². The molecule has 3 heteroatoms.